The van der Waals surface area contributed by atoms with Crippen LogP contribution in [0.3, 0.4) is 0 Å². The van der Waals surface area contributed by atoms with Crippen molar-refractivity contribution in [2.24, 2.45) is 0 Å². The number of esters is 1. The monoisotopic (exact) mass is 404 g/mol. The summed E-state index contributed by atoms with van der Waals surface area (Å²) >= 11 is 5.90. The van der Waals surface area contributed by atoms with E-state index in [1.165, 1.54) is 13.2 Å². The minimum atomic E-state index is -0.751. The van der Waals surface area contributed by atoms with Gasteiger partial charge in [-0.1, -0.05) is 23.7 Å². The second kappa shape index (κ2) is 8.37. The highest BCUT2D eigenvalue weighted by molar-refractivity contribution is 6.30. The van der Waals surface area contributed by atoms with Gasteiger partial charge in [0.15, 0.2) is 0 Å². The van der Waals surface area contributed by atoms with Crippen molar-refractivity contribution >= 4 is 29.2 Å². The molecule has 1 unspecified atom stereocenters. The van der Waals surface area contributed by atoms with E-state index in [0.29, 0.717) is 18.2 Å². The van der Waals surface area contributed by atoms with Gasteiger partial charge in [-0.15, -0.1) is 0 Å². The lowest BCUT2D eigenvalue weighted by Crippen LogP contribution is -2.42. The summed E-state index contributed by atoms with van der Waals surface area (Å²) in [7, 11) is 1.17. The maximum Gasteiger partial charge on any atom is 0.338 e. The van der Waals surface area contributed by atoms with E-state index in [4.69, 9.17) is 16.3 Å². The van der Waals surface area contributed by atoms with Crippen molar-refractivity contribution in [1.82, 2.24) is 4.90 Å². The number of nitro benzene ring substituents is 1. The minimum absolute atomic E-state index is 0.0476. The van der Waals surface area contributed by atoms with Crippen LogP contribution in [0.1, 0.15) is 32.4 Å². The number of hydrogen-bond donors (Lipinski definition) is 0. The number of non-ortho nitro benzene ring substituents is 1. The number of rotatable bonds is 4. The smallest absolute Gasteiger partial charge is 0.338 e. The molecule has 0 aliphatic carbocycles. The fourth-order valence-corrected chi connectivity index (χ4v) is 3.10. The fourth-order valence-electron chi connectivity index (χ4n) is 2.97. The molecule has 1 aliphatic heterocycles. The van der Waals surface area contributed by atoms with E-state index in [9.17, 15) is 19.7 Å². The summed E-state index contributed by atoms with van der Waals surface area (Å²) in [4.78, 5) is 36.8. The van der Waals surface area contributed by atoms with Crippen molar-refractivity contribution in [3.8, 4) is 0 Å². The number of benzene rings is 2. The van der Waals surface area contributed by atoms with E-state index >= 15 is 0 Å². The Labute approximate surface area is 165 Å². The second-order valence-corrected chi connectivity index (χ2v) is 6.62. The van der Waals surface area contributed by atoms with Crippen LogP contribution >= 0.6 is 11.6 Å². The summed E-state index contributed by atoms with van der Waals surface area (Å²) < 4.78 is 10.4. The molecule has 1 saturated heterocycles. The van der Waals surface area contributed by atoms with Crippen molar-refractivity contribution in [2.45, 2.75) is 6.10 Å². The molecule has 1 fully saturated rings. The number of carbonyl (C=O) groups is 2. The topological polar surface area (TPSA) is 99.0 Å². The number of methoxy groups -OCH3 is 1. The summed E-state index contributed by atoms with van der Waals surface area (Å²) in [5.41, 5.74) is 0.513. The predicted octanol–water partition coefficient (Wildman–Crippen LogP) is 3.25. The number of amides is 1. The highest BCUT2D eigenvalue weighted by atomic mass is 35.5. The molecule has 0 spiro atoms. The van der Waals surface area contributed by atoms with Gasteiger partial charge in [0.05, 0.1) is 30.7 Å². The summed E-state index contributed by atoms with van der Waals surface area (Å²) in [5, 5.41) is 11.8. The van der Waals surface area contributed by atoms with E-state index in [0.717, 1.165) is 17.7 Å². The second-order valence-electron chi connectivity index (χ2n) is 6.18. The van der Waals surface area contributed by atoms with E-state index in [1.54, 1.807) is 17.0 Å². The van der Waals surface area contributed by atoms with Crippen LogP contribution in [0.2, 0.25) is 5.02 Å². The van der Waals surface area contributed by atoms with Gasteiger partial charge in [-0.25, -0.2) is 4.79 Å². The molecule has 8 nitrogen and oxygen atoms in total. The average Bonchev–Trinajstić information content (AvgIpc) is 2.72. The van der Waals surface area contributed by atoms with Crippen molar-refractivity contribution in [2.75, 3.05) is 26.8 Å². The van der Waals surface area contributed by atoms with Crippen molar-refractivity contribution in [3.63, 3.8) is 0 Å². The molecule has 1 heterocycles. The highest BCUT2D eigenvalue weighted by Crippen LogP contribution is 2.26. The maximum absolute atomic E-state index is 12.9. The number of nitro groups is 1. The van der Waals surface area contributed by atoms with Gasteiger partial charge in [0, 0.05) is 29.3 Å². The summed E-state index contributed by atoms with van der Waals surface area (Å²) in [6.45, 7) is 0.924. The van der Waals surface area contributed by atoms with Gasteiger partial charge in [0.2, 0.25) is 0 Å². The minimum Gasteiger partial charge on any atom is -0.465 e. The number of hydrogen-bond acceptors (Lipinski definition) is 6. The first-order chi connectivity index (χ1) is 13.4. The Hall–Kier alpha value is -2.97. The van der Waals surface area contributed by atoms with Gasteiger partial charge in [-0.2, -0.15) is 0 Å². The molecule has 0 saturated carbocycles. The molecular formula is C19H17ClN2O6. The van der Waals surface area contributed by atoms with Crippen molar-refractivity contribution < 1.29 is 24.0 Å². The zero-order valence-corrected chi connectivity index (χ0v) is 15.7. The van der Waals surface area contributed by atoms with Crippen LogP contribution in [0.5, 0.6) is 0 Å². The Bertz CT molecular complexity index is 915. The summed E-state index contributed by atoms with van der Waals surface area (Å²) in [6.07, 6.45) is -0.339. The SMILES string of the molecule is COC(=O)c1cc(C(=O)N2CCOC(c3ccc(Cl)cc3)C2)cc([N+](=O)[O-])c1. The third kappa shape index (κ3) is 4.29. The molecule has 146 valence electrons. The van der Waals surface area contributed by atoms with Crippen LogP contribution in [-0.4, -0.2) is 48.5 Å². The lowest BCUT2D eigenvalue weighted by atomic mass is 10.1. The van der Waals surface area contributed by atoms with Gasteiger partial charge < -0.3 is 14.4 Å². The Morgan fingerprint density at radius 1 is 1.21 bits per heavy atom. The standard InChI is InChI=1S/C19H17ClN2O6/c1-27-19(24)14-8-13(9-16(10-14)22(25)26)18(23)21-6-7-28-17(11-21)12-2-4-15(20)5-3-12/h2-5,8-10,17H,6-7,11H2,1H3. The first-order valence-electron chi connectivity index (χ1n) is 8.43. The number of carbonyl (C=O) groups excluding carboxylic acids is 2. The zero-order chi connectivity index (χ0) is 20.3. The number of nitrogens with zero attached hydrogens (tertiary/aromatic N) is 2. The highest BCUT2D eigenvalue weighted by Gasteiger charge is 2.28. The number of halogens is 1. The Morgan fingerprint density at radius 3 is 2.54 bits per heavy atom. The maximum atomic E-state index is 12.9. The van der Waals surface area contributed by atoms with E-state index in [-0.39, 0.29) is 29.5 Å². The molecule has 0 aromatic heterocycles. The first kappa shape index (κ1) is 19.8. The van der Waals surface area contributed by atoms with Gasteiger partial charge in [-0.05, 0) is 23.8 Å². The molecule has 2 aromatic rings. The summed E-state index contributed by atoms with van der Waals surface area (Å²) in [5.74, 6) is -1.17. The van der Waals surface area contributed by atoms with Crippen molar-refractivity contribution in [3.05, 3.63) is 74.3 Å². The third-order valence-electron chi connectivity index (χ3n) is 4.39. The van der Waals surface area contributed by atoms with Gasteiger partial charge >= 0.3 is 5.97 Å². The Morgan fingerprint density at radius 2 is 1.89 bits per heavy atom. The van der Waals surface area contributed by atoms with E-state index in [1.807, 2.05) is 12.1 Å². The Kier molecular flexibility index (Phi) is 5.91. The lowest BCUT2D eigenvalue weighted by Gasteiger charge is -2.33. The first-order valence-corrected chi connectivity index (χ1v) is 8.81. The molecule has 9 heteroatoms. The Balaban J connectivity index is 1.86. The van der Waals surface area contributed by atoms with Crippen molar-refractivity contribution in [1.29, 1.82) is 0 Å². The molecule has 1 amide bonds. The van der Waals surface area contributed by atoms with Gasteiger partial charge in [0.25, 0.3) is 11.6 Å². The molecule has 0 radical (unpaired) electrons. The summed E-state index contributed by atoms with van der Waals surface area (Å²) in [6, 6.07) is 10.7. The largest absolute Gasteiger partial charge is 0.465 e. The van der Waals surface area contributed by atoms with Gasteiger partial charge in [0.1, 0.15) is 6.10 Å². The zero-order valence-electron chi connectivity index (χ0n) is 15.0. The van der Waals surface area contributed by atoms with Crippen LogP contribution in [0, 0.1) is 10.1 Å². The number of ether oxygens (including phenoxy) is 2. The molecule has 0 N–H and O–H groups in total. The van der Waals surface area contributed by atoms with Crippen LogP contribution in [-0.2, 0) is 9.47 Å². The third-order valence-corrected chi connectivity index (χ3v) is 4.64. The van der Waals surface area contributed by atoms with Crippen LogP contribution < -0.4 is 0 Å². The lowest BCUT2D eigenvalue weighted by molar-refractivity contribution is -0.384. The fraction of sp³-hybridized carbons (Fsp3) is 0.263. The predicted molar refractivity (Wildman–Crippen MR) is 100 cm³/mol. The molecule has 1 aliphatic rings. The van der Waals surface area contributed by atoms with Gasteiger partial charge in [-0.3, -0.25) is 14.9 Å². The molecule has 2 aromatic carbocycles. The van der Waals surface area contributed by atoms with Crippen LogP contribution in [0.4, 0.5) is 5.69 Å². The van der Waals surface area contributed by atoms with E-state index < -0.39 is 16.8 Å². The molecule has 1 atom stereocenters. The molecule has 0 bridgehead atoms. The quantitative estimate of drug-likeness (QED) is 0.440. The molecular weight excluding hydrogens is 388 g/mol. The van der Waals surface area contributed by atoms with Crippen LogP contribution in [0.15, 0.2) is 42.5 Å². The average molecular weight is 405 g/mol. The van der Waals surface area contributed by atoms with Crippen LogP contribution in [0.25, 0.3) is 0 Å². The normalized spacial score (nSPS) is 16.5. The van der Waals surface area contributed by atoms with E-state index in [2.05, 4.69) is 4.74 Å². The molecule has 28 heavy (non-hydrogen) atoms. The molecule has 3 rings (SSSR count). The number of morpholine rings is 1.